The molecule has 5 rings (SSSR count). The van der Waals surface area contributed by atoms with E-state index in [1.807, 2.05) is 0 Å². The van der Waals surface area contributed by atoms with Crippen LogP contribution in [0.4, 0.5) is 4.39 Å². The quantitative estimate of drug-likeness (QED) is 0.626. The van der Waals surface area contributed by atoms with Crippen LogP contribution in [0, 0.1) is 29.0 Å². The van der Waals surface area contributed by atoms with Crippen LogP contribution in [0.5, 0.6) is 0 Å². The summed E-state index contributed by atoms with van der Waals surface area (Å²) in [7, 11) is 0. The second kappa shape index (κ2) is 6.94. The number of hydrogen-bond donors (Lipinski definition) is 2. The lowest BCUT2D eigenvalue weighted by Gasteiger charge is -2.55. The van der Waals surface area contributed by atoms with Gasteiger partial charge in [0.05, 0.1) is 11.0 Å². The van der Waals surface area contributed by atoms with Crippen molar-refractivity contribution in [2.45, 2.75) is 38.5 Å². The Balaban J connectivity index is 1.27. The van der Waals surface area contributed by atoms with Crippen molar-refractivity contribution in [2.24, 2.45) is 23.2 Å². The summed E-state index contributed by atoms with van der Waals surface area (Å²) in [5.41, 5.74) is 3.68. The van der Waals surface area contributed by atoms with Crippen molar-refractivity contribution in [3.05, 3.63) is 35.6 Å². The molecule has 0 saturated heterocycles. The van der Waals surface area contributed by atoms with Crippen molar-refractivity contribution in [3.63, 3.8) is 0 Å². The highest BCUT2D eigenvalue weighted by Gasteiger charge is 2.55. The van der Waals surface area contributed by atoms with E-state index in [-0.39, 0.29) is 11.5 Å². The molecule has 144 valence electrons. The highest BCUT2D eigenvalue weighted by Crippen LogP contribution is 2.60. The molecule has 4 bridgehead atoms. The van der Waals surface area contributed by atoms with E-state index >= 15 is 0 Å². The van der Waals surface area contributed by atoms with Crippen LogP contribution in [0.3, 0.4) is 0 Å². The molecular weight excluding hydrogens is 351 g/mol. The summed E-state index contributed by atoms with van der Waals surface area (Å²) < 4.78 is 18.8. The molecule has 1 aromatic rings. The minimum absolute atomic E-state index is 0.177. The molecule has 0 heterocycles. The maximum atomic E-state index is 13.5. The van der Waals surface area contributed by atoms with Gasteiger partial charge >= 0.3 is 5.97 Å². The predicted octanol–water partition coefficient (Wildman–Crippen LogP) is 2.35. The first-order valence-corrected chi connectivity index (χ1v) is 9.46. The molecule has 4 saturated carbocycles. The van der Waals surface area contributed by atoms with Crippen LogP contribution >= 0.6 is 0 Å². The van der Waals surface area contributed by atoms with Crippen LogP contribution < -0.4 is 10.9 Å². The monoisotopic (exact) mass is 374 g/mol. The van der Waals surface area contributed by atoms with Gasteiger partial charge in [-0.2, -0.15) is 0 Å². The summed E-state index contributed by atoms with van der Waals surface area (Å²) >= 11 is 0. The molecule has 0 radical (unpaired) electrons. The smallest absolute Gasteiger partial charge is 0.312 e. The molecule has 4 aliphatic carbocycles. The van der Waals surface area contributed by atoms with E-state index in [2.05, 4.69) is 10.9 Å². The number of hydrazine groups is 1. The van der Waals surface area contributed by atoms with Crippen LogP contribution in [0.15, 0.2) is 24.3 Å². The van der Waals surface area contributed by atoms with Crippen molar-refractivity contribution in [1.82, 2.24) is 10.9 Å². The van der Waals surface area contributed by atoms with Gasteiger partial charge in [-0.3, -0.25) is 25.2 Å². The van der Waals surface area contributed by atoms with Gasteiger partial charge in [-0.25, -0.2) is 4.39 Å². The van der Waals surface area contributed by atoms with Crippen LogP contribution in [0.2, 0.25) is 0 Å². The first kappa shape index (κ1) is 17.9. The van der Waals surface area contributed by atoms with Crippen molar-refractivity contribution in [2.75, 3.05) is 6.61 Å². The zero-order chi connectivity index (χ0) is 19.0. The van der Waals surface area contributed by atoms with E-state index in [1.54, 1.807) is 0 Å². The van der Waals surface area contributed by atoms with Gasteiger partial charge in [-0.1, -0.05) is 12.1 Å². The van der Waals surface area contributed by atoms with Crippen LogP contribution in [0.25, 0.3) is 0 Å². The molecule has 1 aromatic carbocycles. The molecule has 4 aliphatic rings. The second-order valence-corrected chi connectivity index (χ2v) is 8.26. The molecule has 2 amide bonds. The Morgan fingerprint density at radius 2 is 1.59 bits per heavy atom. The number of ether oxygens (including phenoxy) is 1. The standard InChI is InChI=1S/C20H23FN2O4/c21-16-4-2-1-3-15(16)18(25)23-22-17(24)11-27-19(26)20-8-12-5-13(9-20)7-14(6-12)10-20/h1-4,12-14H,5-11H2,(H,22,24)(H,23,25). The van der Waals surface area contributed by atoms with E-state index in [4.69, 9.17) is 4.74 Å². The average Bonchev–Trinajstić information content (AvgIpc) is 2.63. The van der Waals surface area contributed by atoms with E-state index in [9.17, 15) is 18.8 Å². The number of carbonyl (C=O) groups excluding carboxylic acids is 3. The van der Waals surface area contributed by atoms with E-state index in [1.165, 1.54) is 37.5 Å². The number of esters is 1. The lowest BCUT2D eigenvalue weighted by molar-refractivity contribution is -0.173. The number of benzene rings is 1. The molecule has 0 spiro atoms. The molecule has 7 heteroatoms. The largest absolute Gasteiger partial charge is 0.455 e. The SMILES string of the molecule is O=C(COC(=O)C12CC3CC(CC(C3)C1)C2)NNC(=O)c1ccccc1F. The van der Waals surface area contributed by atoms with Gasteiger partial charge in [0.2, 0.25) is 0 Å². The fraction of sp³-hybridized carbons (Fsp3) is 0.550. The maximum absolute atomic E-state index is 13.5. The summed E-state index contributed by atoms with van der Waals surface area (Å²) in [4.78, 5) is 36.4. The third kappa shape index (κ3) is 3.55. The fourth-order valence-corrected chi connectivity index (χ4v) is 5.52. The number of amides is 2. The lowest BCUT2D eigenvalue weighted by atomic mass is 9.49. The molecule has 2 N–H and O–H groups in total. The Labute approximate surface area is 156 Å². The van der Waals surface area contributed by atoms with E-state index < -0.39 is 29.7 Å². The number of nitrogens with one attached hydrogen (secondary N) is 2. The Bertz CT molecular complexity index is 744. The minimum atomic E-state index is -0.770. The van der Waals surface area contributed by atoms with E-state index in [0.29, 0.717) is 17.8 Å². The van der Waals surface area contributed by atoms with Gasteiger partial charge in [-0.15, -0.1) is 0 Å². The van der Waals surface area contributed by atoms with Gasteiger partial charge in [0.15, 0.2) is 6.61 Å². The Hall–Kier alpha value is -2.44. The topological polar surface area (TPSA) is 84.5 Å². The highest BCUT2D eigenvalue weighted by molar-refractivity contribution is 5.95. The number of carbonyl (C=O) groups is 3. The predicted molar refractivity (Wildman–Crippen MR) is 93.6 cm³/mol. The number of rotatable bonds is 4. The lowest BCUT2D eigenvalue weighted by Crippen LogP contribution is -2.51. The molecule has 0 aliphatic heterocycles. The number of halogens is 1. The van der Waals surface area contributed by atoms with E-state index in [0.717, 1.165) is 25.3 Å². The zero-order valence-electron chi connectivity index (χ0n) is 15.0. The average molecular weight is 374 g/mol. The summed E-state index contributed by atoms with van der Waals surface area (Å²) in [6.45, 7) is -0.460. The van der Waals surface area contributed by atoms with Gasteiger partial charge < -0.3 is 4.74 Å². The van der Waals surface area contributed by atoms with Crippen molar-refractivity contribution in [1.29, 1.82) is 0 Å². The highest BCUT2D eigenvalue weighted by atomic mass is 19.1. The zero-order valence-corrected chi connectivity index (χ0v) is 15.0. The molecule has 27 heavy (non-hydrogen) atoms. The fourth-order valence-electron chi connectivity index (χ4n) is 5.52. The Morgan fingerprint density at radius 1 is 1.00 bits per heavy atom. The molecule has 0 atom stereocenters. The molecule has 4 fully saturated rings. The molecular formula is C20H23FN2O4. The van der Waals surface area contributed by atoms with Crippen molar-refractivity contribution < 1.29 is 23.5 Å². The van der Waals surface area contributed by atoms with Crippen molar-refractivity contribution in [3.8, 4) is 0 Å². The summed E-state index contributed by atoms with van der Waals surface area (Å²) in [5.74, 6) is -0.575. The third-order valence-corrected chi connectivity index (χ3v) is 6.24. The Morgan fingerprint density at radius 3 is 2.19 bits per heavy atom. The summed E-state index contributed by atoms with van der Waals surface area (Å²) in [6, 6.07) is 5.45. The first-order chi connectivity index (χ1) is 12.9. The minimum Gasteiger partial charge on any atom is -0.455 e. The molecule has 0 unspecified atom stereocenters. The normalized spacial score (nSPS) is 30.6. The number of hydrogen-bond acceptors (Lipinski definition) is 4. The summed E-state index contributed by atoms with van der Waals surface area (Å²) in [5, 5.41) is 0. The maximum Gasteiger partial charge on any atom is 0.312 e. The first-order valence-electron chi connectivity index (χ1n) is 9.46. The Kier molecular flexibility index (Phi) is 4.61. The van der Waals surface area contributed by atoms with Crippen LogP contribution in [-0.2, 0) is 14.3 Å². The van der Waals surface area contributed by atoms with Gasteiger partial charge in [-0.05, 0) is 68.4 Å². The van der Waals surface area contributed by atoms with Crippen LogP contribution in [0.1, 0.15) is 48.9 Å². The van der Waals surface area contributed by atoms with Gasteiger partial charge in [0, 0.05) is 0 Å². The van der Waals surface area contributed by atoms with Crippen molar-refractivity contribution >= 4 is 17.8 Å². The third-order valence-electron chi connectivity index (χ3n) is 6.24. The molecule has 0 aromatic heterocycles. The molecule has 6 nitrogen and oxygen atoms in total. The second-order valence-electron chi connectivity index (χ2n) is 8.26. The van der Waals surface area contributed by atoms with Crippen LogP contribution in [-0.4, -0.2) is 24.4 Å². The van der Waals surface area contributed by atoms with Gasteiger partial charge in [0.1, 0.15) is 5.82 Å². The summed E-state index contributed by atoms with van der Waals surface area (Å²) in [6.07, 6.45) is 6.25. The van der Waals surface area contributed by atoms with Gasteiger partial charge in [0.25, 0.3) is 11.8 Å².